The van der Waals surface area contributed by atoms with Gasteiger partial charge in [-0.05, 0) is 24.3 Å². The molecule has 1 aromatic carbocycles. The highest BCUT2D eigenvalue weighted by Crippen LogP contribution is 2.41. The van der Waals surface area contributed by atoms with Crippen LogP contribution in [0.3, 0.4) is 0 Å². The van der Waals surface area contributed by atoms with Crippen LogP contribution >= 0.6 is 22.6 Å². The largest absolute Gasteiger partial charge is 0.400 e. The van der Waals surface area contributed by atoms with E-state index in [1.165, 1.54) is 18.4 Å². The summed E-state index contributed by atoms with van der Waals surface area (Å²) in [4.78, 5) is 6.38. The van der Waals surface area contributed by atoms with Gasteiger partial charge in [0, 0.05) is 4.90 Å². The van der Waals surface area contributed by atoms with Crippen LogP contribution < -0.4 is 0 Å². The lowest BCUT2D eigenvalue weighted by atomic mass is 9.72. The maximum Gasteiger partial charge on any atom is 0.239 e. The zero-order valence-electron chi connectivity index (χ0n) is 10.8. The quantitative estimate of drug-likeness (QED) is 0.452. The molecule has 0 spiro atoms. The van der Waals surface area contributed by atoms with Gasteiger partial charge in [0.1, 0.15) is 0 Å². The molecule has 1 saturated carbocycles. The molecule has 1 heterocycles. The van der Waals surface area contributed by atoms with Crippen molar-refractivity contribution in [1.29, 1.82) is 0 Å². The summed E-state index contributed by atoms with van der Waals surface area (Å²) >= 11 is 2.27. The van der Waals surface area contributed by atoms with Crippen LogP contribution in [0.1, 0.15) is 37.2 Å². The van der Waals surface area contributed by atoms with Crippen molar-refractivity contribution < 1.29 is 9.74 Å². The molecule has 0 radical (unpaired) electrons. The summed E-state index contributed by atoms with van der Waals surface area (Å²) in [6.07, 6.45) is 4.71. The fourth-order valence-corrected chi connectivity index (χ4v) is 4.17. The summed E-state index contributed by atoms with van der Waals surface area (Å²) in [6.45, 7) is 0. The second-order valence-corrected chi connectivity index (χ2v) is 6.13. The van der Waals surface area contributed by atoms with Crippen LogP contribution in [0.2, 0.25) is 0 Å². The molecule has 0 bridgehead atoms. The number of hydrogen-bond donors (Lipinski definition) is 0. The van der Waals surface area contributed by atoms with E-state index >= 15 is 0 Å². The molecule has 0 aromatic heterocycles. The molecule has 1 aliphatic heterocycles. The Morgan fingerprint density at radius 2 is 1.95 bits per heavy atom. The average molecular weight is 371 g/mol. The highest BCUT2D eigenvalue weighted by atomic mass is 127. The molecule has 19 heavy (non-hydrogen) atoms. The lowest BCUT2D eigenvalue weighted by Gasteiger charge is -2.41. The van der Waals surface area contributed by atoms with Crippen molar-refractivity contribution in [2.24, 2.45) is 5.92 Å². The molecule has 2 aliphatic rings. The molecule has 0 amide bonds. The van der Waals surface area contributed by atoms with Crippen LogP contribution in [0.15, 0.2) is 30.3 Å². The van der Waals surface area contributed by atoms with Gasteiger partial charge in [0.25, 0.3) is 0 Å². The van der Waals surface area contributed by atoms with Gasteiger partial charge in [0.15, 0.2) is 0 Å². The highest BCUT2D eigenvalue weighted by Gasteiger charge is 2.43. The van der Waals surface area contributed by atoms with Crippen LogP contribution in [0.4, 0.5) is 0 Å². The Kier molecular flexibility index (Phi) is 3.96. The minimum atomic E-state index is 0.100. The molecule has 102 valence electrons. The number of rotatable bonds is 2. The van der Waals surface area contributed by atoms with Gasteiger partial charge in [0.05, 0.1) is 16.4 Å². The van der Waals surface area contributed by atoms with Gasteiger partial charge in [-0.3, -0.25) is 5.21 Å². The molecular weight excluding hydrogens is 353 g/mol. The Hall–Kier alpha value is -0.780. The molecule has 4 heteroatoms. The first-order valence-electron chi connectivity index (χ1n) is 6.92. The van der Waals surface area contributed by atoms with Gasteiger partial charge in [-0.15, -0.1) is 0 Å². The minimum absolute atomic E-state index is 0.100. The molecule has 0 N–H and O–H groups in total. The minimum Gasteiger partial charge on any atom is -0.400 e. The molecule has 1 aromatic rings. The summed E-state index contributed by atoms with van der Waals surface area (Å²) in [6, 6.07) is 10.4. The van der Waals surface area contributed by atoms with E-state index in [0.717, 1.165) is 27.9 Å². The van der Waals surface area contributed by atoms with Crippen molar-refractivity contribution in [2.45, 2.75) is 37.7 Å². The SMILES string of the molecule is [O-][N+]1=C(CI)[C@H](c2ccccc2)[C@H]2CCCC[C@H]2O1. The predicted molar refractivity (Wildman–Crippen MR) is 83.5 cm³/mol. The van der Waals surface area contributed by atoms with E-state index in [1.54, 1.807) is 0 Å². The van der Waals surface area contributed by atoms with Gasteiger partial charge >= 0.3 is 0 Å². The Morgan fingerprint density at radius 1 is 1.21 bits per heavy atom. The second kappa shape index (κ2) is 5.69. The van der Waals surface area contributed by atoms with Crippen molar-refractivity contribution in [2.75, 3.05) is 4.43 Å². The van der Waals surface area contributed by atoms with E-state index in [2.05, 4.69) is 46.9 Å². The first-order valence-corrected chi connectivity index (χ1v) is 8.44. The van der Waals surface area contributed by atoms with Crippen molar-refractivity contribution >= 4 is 28.3 Å². The number of halogens is 1. The number of nitrogens with zero attached hydrogens (tertiary/aromatic N) is 1. The van der Waals surface area contributed by atoms with E-state index in [9.17, 15) is 5.21 Å². The van der Waals surface area contributed by atoms with E-state index < -0.39 is 0 Å². The zero-order valence-corrected chi connectivity index (χ0v) is 13.0. The molecule has 1 aliphatic carbocycles. The molecule has 1 fully saturated rings. The van der Waals surface area contributed by atoms with E-state index in [0.29, 0.717) is 5.92 Å². The zero-order chi connectivity index (χ0) is 13.2. The Bertz CT molecular complexity index is 474. The standard InChI is InChI=1S/C15H18INO2/c16-10-13-15(11-6-2-1-3-7-11)12-8-4-5-9-14(12)19-17(13)18/h1-3,6-7,12,14-15H,4-5,8-10H2/t12-,14+,15+/m0/s1. The fraction of sp³-hybridized carbons (Fsp3) is 0.533. The highest BCUT2D eigenvalue weighted by molar-refractivity contribution is 14.1. The van der Waals surface area contributed by atoms with Gasteiger partial charge in [-0.25, -0.2) is 0 Å². The molecule has 0 unspecified atom stereocenters. The maximum absolute atomic E-state index is 12.1. The Balaban J connectivity index is 2.02. The monoisotopic (exact) mass is 371 g/mol. The third-order valence-electron chi connectivity index (χ3n) is 4.30. The summed E-state index contributed by atoms with van der Waals surface area (Å²) < 4.78 is 0.726. The third kappa shape index (κ3) is 2.47. The lowest BCUT2D eigenvalue weighted by Crippen LogP contribution is -2.45. The van der Waals surface area contributed by atoms with E-state index in [1.807, 2.05) is 6.07 Å². The van der Waals surface area contributed by atoms with Crippen LogP contribution in [-0.2, 0) is 4.84 Å². The topological polar surface area (TPSA) is 35.3 Å². The number of fused-ring (bicyclic) bond motifs is 1. The van der Waals surface area contributed by atoms with Crippen molar-refractivity contribution in [3.63, 3.8) is 0 Å². The van der Waals surface area contributed by atoms with Crippen LogP contribution in [0, 0.1) is 11.1 Å². The smallest absolute Gasteiger partial charge is 0.239 e. The first kappa shape index (κ1) is 13.2. The number of hydrogen-bond acceptors (Lipinski definition) is 2. The first-order chi connectivity index (χ1) is 9.31. The van der Waals surface area contributed by atoms with Gasteiger partial charge < -0.3 is 4.84 Å². The summed E-state index contributed by atoms with van der Waals surface area (Å²) in [7, 11) is 0. The van der Waals surface area contributed by atoms with Gasteiger partial charge in [-0.1, -0.05) is 65.8 Å². The van der Waals surface area contributed by atoms with Crippen LogP contribution in [0.5, 0.6) is 0 Å². The van der Waals surface area contributed by atoms with Crippen molar-refractivity contribution in [1.82, 2.24) is 0 Å². The Morgan fingerprint density at radius 3 is 2.68 bits per heavy atom. The summed E-state index contributed by atoms with van der Waals surface area (Å²) in [5.41, 5.74) is 2.13. The molecule has 3 rings (SSSR count). The van der Waals surface area contributed by atoms with E-state index in [4.69, 9.17) is 4.84 Å². The summed E-state index contributed by atoms with van der Waals surface area (Å²) in [5, 5.41) is 12.1. The van der Waals surface area contributed by atoms with Crippen molar-refractivity contribution in [3.8, 4) is 0 Å². The van der Waals surface area contributed by atoms with Crippen molar-refractivity contribution in [3.05, 3.63) is 41.1 Å². The number of alkyl halides is 1. The lowest BCUT2D eigenvalue weighted by molar-refractivity contribution is -0.762. The number of benzene rings is 1. The molecule has 0 saturated heterocycles. The molecule has 3 nitrogen and oxygen atoms in total. The molecule has 3 atom stereocenters. The van der Waals surface area contributed by atoms with Gasteiger partial charge in [0.2, 0.25) is 5.71 Å². The average Bonchev–Trinajstić information content (AvgIpc) is 2.46. The maximum atomic E-state index is 12.1. The van der Waals surface area contributed by atoms with Gasteiger partial charge in [-0.2, -0.15) is 0 Å². The van der Waals surface area contributed by atoms with Crippen LogP contribution in [0.25, 0.3) is 0 Å². The van der Waals surface area contributed by atoms with E-state index in [-0.39, 0.29) is 12.0 Å². The second-order valence-electron chi connectivity index (χ2n) is 5.36. The van der Waals surface area contributed by atoms with Crippen LogP contribution in [-0.4, -0.2) is 21.1 Å². The molecular formula is C15H18INO2. The third-order valence-corrected chi connectivity index (χ3v) is 5.08. The normalized spacial score (nSPS) is 30.7. The Labute approximate surface area is 127 Å². The predicted octanol–water partition coefficient (Wildman–Crippen LogP) is 3.66. The fourth-order valence-electron chi connectivity index (χ4n) is 3.42. The summed E-state index contributed by atoms with van der Waals surface area (Å²) in [5.74, 6) is 0.695.